The normalized spacial score (nSPS) is 12.8. The number of ether oxygens (including phenoxy) is 1. The number of rotatable bonds is 6. The first kappa shape index (κ1) is 15.4. The summed E-state index contributed by atoms with van der Waals surface area (Å²) in [5.74, 6) is 2.87. The van der Waals surface area contributed by atoms with Crippen molar-refractivity contribution in [1.29, 1.82) is 0 Å². The molecule has 0 aliphatic heterocycles. The van der Waals surface area contributed by atoms with E-state index >= 15 is 0 Å². The maximum Gasteiger partial charge on any atom is 0.122 e. The Kier molecular flexibility index (Phi) is 6.01. The highest BCUT2D eigenvalue weighted by atomic mass is 35.5. The van der Waals surface area contributed by atoms with Crippen LogP contribution in [0.4, 0.5) is 0 Å². The number of aryl methyl sites for hydroxylation is 2. The molecule has 0 radical (unpaired) electrons. The molecule has 0 aromatic heterocycles. The minimum absolute atomic E-state index is 0.539. The quantitative estimate of drug-likeness (QED) is 0.655. The molecule has 0 bridgehead atoms. The Balaban J connectivity index is 3.11. The first-order valence-electron chi connectivity index (χ1n) is 6.81. The van der Waals surface area contributed by atoms with Crippen molar-refractivity contribution in [2.24, 2.45) is 5.92 Å². The van der Waals surface area contributed by atoms with E-state index in [1.165, 1.54) is 16.7 Å². The minimum Gasteiger partial charge on any atom is -0.494 e. The lowest BCUT2D eigenvalue weighted by Crippen LogP contribution is -2.10. The van der Waals surface area contributed by atoms with E-state index in [2.05, 4.69) is 39.8 Å². The number of alkyl halides is 1. The lowest BCUT2D eigenvalue weighted by Gasteiger charge is -2.24. The Morgan fingerprint density at radius 3 is 2.33 bits per heavy atom. The summed E-state index contributed by atoms with van der Waals surface area (Å²) in [6.45, 7) is 11.6. The van der Waals surface area contributed by atoms with Crippen molar-refractivity contribution in [2.45, 2.75) is 47.0 Å². The second-order valence-corrected chi connectivity index (χ2v) is 5.61. The molecule has 102 valence electrons. The van der Waals surface area contributed by atoms with Gasteiger partial charge in [-0.15, -0.1) is 11.6 Å². The number of hydrogen-bond acceptors (Lipinski definition) is 1. The zero-order valence-corrected chi connectivity index (χ0v) is 13.0. The van der Waals surface area contributed by atoms with E-state index in [4.69, 9.17) is 16.3 Å². The predicted molar refractivity (Wildman–Crippen MR) is 80.0 cm³/mol. The van der Waals surface area contributed by atoms with Gasteiger partial charge in [0, 0.05) is 5.88 Å². The maximum atomic E-state index is 5.94. The molecule has 0 saturated heterocycles. The summed E-state index contributed by atoms with van der Waals surface area (Å²) in [5.41, 5.74) is 3.96. The summed E-state index contributed by atoms with van der Waals surface area (Å²) in [7, 11) is 0. The lowest BCUT2D eigenvalue weighted by atomic mass is 9.83. The zero-order chi connectivity index (χ0) is 13.7. The monoisotopic (exact) mass is 268 g/mol. The summed E-state index contributed by atoms with van der Waals surface area (Å²) in [5, 5.41) is 0. The van der Waals surface area contributed by atoms with Crippen molar-refractivity contribution in [3.8, 4) is 5.75 Å². The van der Waals surface area contributed by atoms with Gasteiger partial charge < -0.3 is 4.74 Å². The van der Waals surface area contributed by atoms with E-state index in [-0.39, 0.29) is 0 Å². The van der Waals surface area contributed by atoms with Gasteiger partial charge in [-0.05, 0) is 61.8 Å². The van der Waals surface area contributed by atoms with Gasteiger partial charge >= 0.3 is 0 Å². The summed E-state index contributed by atoms with van der Waals surface area (Å²) in [6, 6.07) is 4.44. The van der Waals surface area contributed by atoms with Crippen molar-refractivity contribution < 1.29 is 4.74 Å². The van der Waals surface area contributed by atoms with E-state index in [1.54, 1.807) is 0 Å². The van der Waals surface area contributed by atoms with Gasteiger partial charge in [0.1, 0.15) is 5.75 Å². The molecule has 1 rings (SSSR count). The molecule has 0 aliphatic rings. The lowest BCUT2D eigenvalue weighted by molar-refractivity contribution is 0.337. The topological polar surface area (TPSA) is 9.23 Å². The van der Waals surface area contributed by atoms with Crippen LogP contribution in [0.1, 0.15) is 49.8 Å². The van der Waals surface area contributed by atoms with E-state index in [1.807, 2.05) is 6.92 Å². The first-order valence-corrected chi connectivity index (χ1v) is 7.34. The van der Waals surface area contributed by atoms with Gasteiger partial charge in [-0.3, -0.25) is 0 Å². The van der Waals surface area contributed by atoms with E-state index in [0.29, 0.717) is 17.7 Å². The SMILES string of the molecule is CCOc1cc(C)c(C(CCCl)C(C)C)cc1C. The average molecular weight is 269 g/mol. The summed E-state index contributed by atoms with van der Waals surface area (Å²) in [6.07, 6.45) is 1.04. The fraction of sp³-hybridized carbons (Fsp3) is 0.625. The van der Waals surface area contributed by atoms with Crippen LogP contribution in [-0.4, -0.2) is 12.5 Å². The van der Waals surface area contributed by atoms with Gasteiger partial charge in [-0.1, -0.05) is 19.9 Å². The molecule has 1 nitrogen and oxygen atoms in total. The Bertz CT molecular complexity index is 385. The largest absolute Gasteiger partial charge is 0.494 e. The molecule has 1 atom stereocenters. The van der Waals surface area contributed by atoms with Gasteiger partial charge in [0.05, 0.1) is 6.61 Å². The molecule has 0 heterocycles. The van der Waals surface area contributed by atoms with Crippen molar-refractivity contribution in [1.82, 2.24) is 0 Å². The number of hydrogen-bond donors (Lipinski definition) is 0. The highest BCUT2D eigenvalue weighted by Crippen LogP contribution is 2.34. The molecular formula is C16H25ClO. The van der Waals surface area contributed by atoms with Crippen LogP contribution in [0.3, 0.4) is 0 Å². The minimum atomic E-state index is 0.539. The molecule has 0 amide bonds. The maximum absolute atomic E-state index is 5.94. The molecule has 0 saturated carbocycles. The van der Waals surface area contributed by atoms with Crippen LogP contribution >= 0.6 is 11.6 Å². The molecular weight excluding hydrogens is 244 g/mol. The van der Waals surface area contributed by atoms with E-state index in [0.717, 1.165) is 18.8 Å². The predicted octanol–water partition coefficient (Wildman–Crippen LogP) is 5.07. The Labute approximate surface area is 116 Å². The third-order valence-corrected chi connectivity index (χ3v) is 3.71. The van der Waals surface area contributed by atoms with E-state index < -0.39 is 0 Å². The Morgan fingerprint density at radius 1 is 1.17 bits per heavy atom. The smallest absolute Gasteiger partial charge is 0.122 e. The van der Waals surface area contributed by atoms with Gasteiger partial charge in [0.25, 0.3) is 0 Å². The Morgan fingerprint density at radius 2 is 1.83 bits per heavy atom. The summed E-state index contributed by atoms with van der Waals surface area (Å²) < 4.78 is 5.65. The van der Waals surface area contributed by atoms with Crippen LogP contribution < -0.4 is 4.74 Å². The second kappa shape index (κ2) is 7.04. The van der Waals surface area contributed by atoms with Crippen molar-refractivity contribution >= 4 is 11.6 Å². The zero-order valence-electron chi connectivity index (χ0n) is 12.2. The molecule has 0 spiro atoms. The van der Waals surface area contributed by atoms with Gasteiger partial charge in [0.15, 0.2) is 0 Å². The number of benzene rings is 1. The van der Waals surface area contributed by atoms with Crippen LogP contribution in [-0.2, 0) is 0 Å². The average Bonchev–Trinajstić information content (AvgIpc) is 2.31. The fourth-order valence-corrected chi connectivity index (χ4v) is 2.72. The fourth-order valence-electron chi connectivity index (χ4n) is 2.49. The third kappa shape index (κ3) is 3.65. The third-order valence-electron chi connectivity index (χ3n) is 3.49. The highest BCUT2D eigenvalue weighted by molar-refractivity contribution is 6.17. The highest BCUT2D eigenvalue weighted by Gasteiger charge is 2.18. The number of halogens is 1. The van der Waals surface area contributed by atoms with Gasteiger partial charge in [0.2, 0.25) is 0 Å². The summed E-state index contributed by atoms with van der Waals surface area (Å²) >= 11 is 5.94. The molecule has 1 aromatic carbocycles. The van der Waals surface area contributed by atoms with Gasteiger partial charge in [-0.2, -0.15) is 0 Å². The van der Waals surface area contributed by atoms with Crippen LogP contribution in [0.25, 0.3) is 0 Å². The molecule has 0 aliphatic carbocycles. The van der Waals surface area contributed by atoms with Crippen LogP contribution in [0.5, 0.6) is 5.75 Å². The van der Waals surface area contributed by atoms with Crippen molar-refractivity contribution in [3.63, 3.8) is 0 Å². The molecule has 0 fully saturated rings. The molecule has 2 heteroatoms. The molecule has 18 heavy (non-hydrogen) atoms. The van der Waals surface area contributed by atoms with Gasteiger partial charge in [-0.25, -0.2) is 0 Å². The van der Waals surface area contributed by atoms with Crippen LogP contribution in [0.2, 0.25) is 0 Å². The standard InChI is InChI=1S/C16H25ClO/c1-6-18-16-10-12(4)15(9-13(16)5)14(7-8-17)11(2)3/h9-11,14H,6-8H2,1-5H3. The van der Waals surface area contributed by atoms with Crippen molar-refractivity contribution in [3.05, 3.63) is 28.8 Å². The second-order valence-electron chi connectivity index (χ2n) is 5.24. The molecule has 1 unspecified atom stereocenters. The van der Waals surface area contributed by atoms with Crippen molar-refractivity contribution in [2.75, 3.05) is 12.5 Å². The molecule has 1 aromatic rings. The van der Waals surface area contributed by atoms with E-state index in [9.17, 15) is 0 Å². The summed E-state index contributed by atoms with van der Waals surface area (Å²) in [4.78, 5) is 0. The van der Waals surface area contributed by atoms with Crippen LogP contribution in [0, 0.1) is 19.8 Å². The Hall–Kier alpha value is -0.690. The molecule has 0 N–H and O–H groups in total. The first-order chi connectivity index (χ1) is 8.51. The van der Waals surface area contributed by atoms with Crippen LogP contribution in [0.15, 0.2) is 12.1 Å².